The number of pyridine rings is 1. The van der Waals surface area contributed by atoms with E-state index in [1.807, 2.05) is 0 Å². The van der Waals surface area contributed by atoms with Crippen LogP contribution in [0.2, 0.25) is 5.02 Å². The molecular weight excluding hydrogens is 254 g/mol. The number of aromatic nitrogens is 1. The van der Waals surface area contributed by atoms with Crippen molar-refractivity contribution in [3.05, 3.63) is 57.5 Å². The molecule has 0 radical (unpaired) electrons. The summed E-state index contributed by atoms with van der Waals surface area (Å²) in [6, 6.07) is 7.64. The number of aromatic amines is 1. The molecule has 0 fully saturated rings. The van der Waals surface area contributed by atoms with Crippen molar-refractivity contribution in [1.29, 1.82) is 0 Å². The van der Waals surface area contributed by atoms with Crippen LogP contribution >= 0.6 is 11.6 Å². The van der Waals surface area contributed by atoms with Gasteiger partial charge in [0.2, 0.25) is 0 Å². The van der Waals surface area contributed by atoms with Crippen molar-refractivity contribution in [2.24, 2.45) is 0 Å². The maximum Gasteiger partial charge on any atom is 0.271 e. The van der Waals surface area contributed by atoms with Crippen LogP contribution in [0.25, 0.3) is 0 Å². The molecule has 0 bridgehead atoms. The summed E-state index contributed by atoms with van der Waals surface area (Å²) in [5, 5.41) is 2.79. The lowest BCUT2D eigenvalue weighted by atomic mass is 10.2. The van der Waals surface area contributed by atoms with Gasteiger partial charge >= 0.3 is 0 Å². The fraction of sp³-hybridized carbons (Fsp3) is 0. The van der Waals surface area contributed by atoms with Gasteiger partial charge in [0.05, 0.1) is 10.7 Å². The van der Waals surface area contributed by atoms with Gasteiger partial charge in [-0.05, 0) is 30.3 Å². The fourth-order valence-electron chi connectivity index (χ4n) is 1.38. The Labute approximate surface area is 108 Å². The number of H-pyrrole nitrogens is 1. The molecule has 0 atom stereocenters. The molecule has 92 valence electrons. The van der Waals surface area contributed by atoms with Gasteiger partial charge < -0.3 is 16.0 Å². The Hall–Kier alpha value is -2.27. The molecule has 0 aliphatic rings. The maximum atomic E-state index is 11.9. The molecule has 1 amide bonds. The highest BCUT2D eigenvalue weighted by Gasteiger charge is 2.09. The van der Waals surface area contributed by atoms with Gasteiger partial charge in [0, 0.05) is 11.8 Å². The number of nitrogen functional groups attached to an aromatic ring is 1. The first-order chi connectivity index (χ1) is 8.58. The number of carbonyl (C=O) groups excluding carboxylic acids is 1. The van der Waals surface area contributed by atoms with Gasteiger partial charge in [0.25, 0.3) is 11.5 Å². The van der Waals surface area contributed by atoms with Crippen LogP contribution in [0.1, 0.15) is 10.4 Å². The molecule has 0 saturated heterocycles. The van der Waals surface area contributed by atoms with Crippen molar-refractivity contribution in [3.8, 4) is 0 Å². The highest BCUT2D eigenvalue weighted by atomic mass is 35.5. The molecule has 0 aliphatic heterocycles. The Morgan fingerprint density at radius 2 is 2.11 bits per heavy atom. The van der Waals surface area contributed by atoms with E-state index >= 15 is 0 Å². The van der Waals surface area contributed by atoms with Gasteiger partial charge in [-0.2, -0.15) is 0 Å². The van der Waals surface area contributed by atoms with E-state index in [-0.39, 0.29) is 11.2 Å². The lowest BCUT2D eigenvalue weighted by molar-refractivity contribution is 0.102. The third-order valence-corrected chi connectivity index (χ3v) is 2.66. The maximum absolute atomic E-state index is 11.9. The Balaban J connectivity index is 2.25. The standard InChI is InChI=1S/C12H10ClN3O2/c13-8-6-7(3-4-9(8)14)11(17)16-10-2-1-5-15-12(10)18/h1-6H,14H2,(H,15,18)(H,16,17). The van der Waals surface area contributed by atoms with Crippen LogP contribution < -0.4 is 16.6 Å². The van der Waals surface area contributed by atoms with Crippen LogP contribution in [-0.4, -0.2) is 10.9 Å². The van der Waals surface area contributed by atoms with E-state index in [2.05, 4.69) is 10.3 Å². The smallest absolute Gasteiger partial charge is 0.271 e. The molecule has 0 spiro atoms. The first kappa shape index (κ1) is 12.2. The van der Waals surface area contributed by atoms with Crippen LogP contribution in [0.4, 0.5) is 11.4 Å². The summed E-state index contributed by atoms with van der Waals surface area (Å²) in [6.45, 7) is 0. The van der Waals surface area contributed by atoms with Crippen molar-refractivity contribution < 1.29 is 4.79 Å². The van der Waals surface area contributed by atoms with Crippen LogP contribution in [0.15, 0.2) is 41.3 Å². The number of rotatable bonds is 2. The van der Waals surface area contributed by atoms with Crippen molar-refractivity contribution in [2.45, 2.75) is 0 Å². The topological polar surface area (TPSA) is 88.0 Å². The molecule has 2 aromatic rings. The number of nitrogens with one attached hydrogen (secondary N) is 2. The molecule has 1 heterocycles. The zero-order valence-corrected chi connectivity index (χ0v) is 9.99. The van der Waals surface area contributed by atoms with Crippen LogP contribution in [0, 0.1) is 0 Å². The summed E-state index contributed by atoms with van der Waals surface area (Å²) in [4.78, 5) is 25.7. The first-order valence-corrected chi connectivity index (χ1v) is 5.50. The quantitative estimate of drug-likeness (QED) is 0.723. The molecule has 0 saturated carbocycles. The molecule has 4 N–H and O–H groups in total. The lowest BCUT2D eigenvalue weighted by Gasteiger charge is -2.05. The highest BCUT2D eigenvalue weighted by Crippen LogP contribution is 2.20. The summed E-state index contributed by atoms with van der Waals surface area (Å²) >= 11 is 5.82. The zero-order chi connectivity index (χ0) is 13.1. The summed E-state index contributed by atoms with van der Waals surface area (Å²) in [5.41, 5.74) is 6.08. The van der Waals surface area contributed by atoms with E-state index in [4.69, 9.17) is 17.3 Å². The molecule has 2 rings (SSSR count). The minimum absolute atomic E-state index is 0.176. The molecule has 6 heteroatoms. The van der Waals surface area contributed by atoms with Gasteiger partial charge in [-0.15, -0.1) is 0 Å². The lowest BCUT2D eigenvalue weighted by Crippen LogP contribution is -2.19. The number of anilines is 2. The van der Waals surface area contributed by atoms with Crippen LogP contribution in [-0.2, 0) is 0 Å². The van der Waals surface area contributed by atoms with Crippen LogP contribution in [0.3, 0.4) is 0 Å². The minimum Gasteiger partial charge on any atom is -0.398 e. The number of carbonyl (C=O) groups is 1. The Bertz CT molecular complexity index is 652. The summed E-state index contributed by atoms with van der Waals surface area (Å²) < 4.78 is 0. The predicted molar refractivity (Wildman–Crippen MR) is 70.9 cm³/mol. The number of hydrogen-bond donors (Lipinski definition) is 3. The van der Waals surface area contributed by atoms with Gasteiger partial charge in [-0.25, -0.2) is 0 Å². The van der Waals surface area contributed by atoms with E-state index < -0.39 is 5.91 Å². The molecule has 0 unspecified atom stereocenters. The number of halogens is 1. The normalized spacial score (nSPS) is 10.1. The van der Waals surface area contributed by atoms with Crippen molar-refractivity contribution in [2.75, 3.05) is 11.1 Å². The Kier molecular flexibility index (Phi) is 3.34. The second-order valence-corrected chi connectivity index (χ2v) is 4.01. The second-order valence-electron chi connectivity index (χ2n) is 3.60. The second kappa shape index (κ2) is 4.93. The summed E-state index contributed by atoms with van der Waals surface area (Å²) in [6.07, 6.45) is 1.48. The summed E-state index contributed by atoms with van der Waals surface area (Å²) in [7, 11) is 0. The van der Waals surface area contributed by atoms with Crippen molar-refractivity contribution in [1.82, 2.24) is 4.98 Å². The molecule has 18 heavy (non-hydrogen) atoms. The average Bonchev–Trinajstić information content (AvgIpc) is 2.35. The number of amides is 1. The molecular formula is C12H10ClN3O2. The number of hydrogen-bond acceptors (Lipinski definition) is 3. The summed E-state index contributed by atoms with van der Waals surface area (Å²) in [5.74, 6) is -0.423. The molecule has 1 aromatic heterocycles. The van der Waals surface area contributed by atoms with E-state index in [1.165, 1.54) is 30.5 Å². The average molecular weight is 264 g/mol. The van der Waals surface area contributed by atoms with Gasteiger partial charge in [0.1, 0.15) is 5.69 Å². The van der Waals surface area contributed by atoms with Crippen molar-refractivity contribution in [3.63, 3.8) is 0 Å². The van der Waals surface area contributed by atoms with E-state index in [0.717, 1.165) is 0 Å². The largest absolute Gasteiger partial charge is 0.398 e. The zero-order valence-electron chi connectivity index (χ0n) is 9.24. The third-order valence-electron chi connectivity index (χ3n) is 2.33. The van der Waals surface area contributed by atoms with E-state index in [9.17, 15) is 9.59 Å². The molecule has 5 nitrogen and oxygen atoms in total. The van der Waals surface area contributed by atoms with Gasteiger partial charge in [-0.1, -0.05) is 11.6 Å². The number of nitrogens with two attached hydrogens (primary N) is 1. The third kappa shape index (κ3) is 2.52. The predicted octanol–water partition coefficient (Wildman–Crippen LogP) is 1.86. The van der Waals surface area contributed by atoms with Gasteiger partial charge in [0.15, 0.2) is 0 Å². The monoisotopic (exact) mass is 263 g/mol. The van der Waals surface area contributed by atoms with Gasteiger partial charge in [-0.3, -0.25) is 9.59 Å². The van der Waals surface area contributed by atoms with E-state index in [1.54, 1.807) is 6.07 Å². The Morgan fingerprint density at radius 3 is 2.78 bits per heavy atom. The van der Waals surface area contributed by atoms with E-state index in [0.29, 0.717) is 16.3 Å². The number of benzene rings is 1. The minimum atomic E-state index is -0.423. The Morgan fingerprint density at radius 1 is 1.33 bits per heavy atom. The highest BCUT2D eigenvalue weighted by molar-refractivity contribution is 6.33. The van der Waals surface area contributed by atoms with Crippen molar-refractivity contribution >= 4 is 28.9 Å². The van der Waals surface area contributed by atoms with Crippen LogP contribution in [0.5, 0.6) is 0 Å². The first-order valence-electron chi connectivity index (χ1n) is 5.12. The molecule has 0 aliphatic carbocycles. The fourth-order valence-corrected chi connectivity index (χ4v) is 1.56. The SMILES string of the molecule is Nc1ccc(C(=O)Nc2ccc[nH]c2=O)cc1Cl. The molecule has 1 aromatic carbocycles.